The number of thiophene rings is 1. The molecular formula is C16H19N2O3S+. The number of aryl methyl sites for hydroxylation is 3. The van der Waals surface area contributed by atoms with Gasteiger partial charge in [-0.15, -0.1) is 11.3 Å². The highest BCUT2D eigenvalue weighted by molar-refractivity contribution is 7.16. The van der Waals surface area contributed by atoms with Gasteiger partial charge in [-0.25, -0.2) is 9.36 Å². The quantitative estimate of drug-likeness (QED) is 0.680. The lowest BCUT2D eigenvalue weighted by atomic mass is 10.3. The van der Waals surface area contributed by atoms with E-state index in [0.29, 0.717) is 23.5 Å². The molecule has 0 bridgehead atoms. The minimum Gasteiger partial charge on any atom is -0.465 e. The average Bonchev–Trinajstić information content (AvgIpc) is 2.86. The molecule has 1 N–H and O–H groups in total. The fourth-order valence-electron chi connectivity index (χ4n) is 1.97. The van der Waals surface area contributed by atoms with E-state index in [0.717, 1.165) is 4.88 Å². The zero-order chi connectivity index (χ0) is 16.1. The van der Waals surface area contributed by atoms with Crippen molar-refractivity contribution >= 4 is 28.2 Å². The minimum atomic E-state index is -0.437. The molecule has 0 fully saturated rings. The van der Waals surface area contributed by atoms with E-state index in [4.69, 9.17) is 4.74 Å². The van der Waals surface area contributed by atoms with Crippen LogP contribution < -0.4 is 9.88 Å². The van der Waals surface area contributed by atoms with Gasteiger partial charge in [0.15, 0.2) is 18.9 Å². The maximum Gasteiger partial charge on any atom is 0.340 e. The molecule has 5 nitrogen and oxygen atoms in total. The van der Waals surface area contributed by atoms with Crippen molar-refractivity contribution in [2.45, 2.75) is 26.8 Å². The normalized spacial score (nSPS) is 10.3. The Balaban J connectivity index is 1.97. The van der Waals surface area contributed by atoms with Gasteiger partial charge in [0.05, 0.1) is 19.1 Å². The second-order valence-electron chi connectivity index (χ2n) is 5.00. The van der Waals surface area contributed by atoms with Gasteiger partial charge in [0.25, 0.3) is 0 Å². The molecule has 0 spiro atoms. The molecule has 0 saturated heterocycles. The Bertz CT molecular complexity index is 677. The van der Waals surface area contributed by atoms with E-state index in [1.165, 1.54) is 24.0 Å². The van der Waals surface area contributed by atoms with Gasteiger partial charge in [0.2, 0.25) is 5.91 Å². The number of hydrogen-bond acceptors (Lipinski definition) is 4. The van der Waals surface area contributed by atoms with E-state index < -0.39 is 5.97 Å². The Morgan fingerprint density at radius 3 is 2.59 bits per heavy atom. The van der Waals surface area contributed by atoms with E-state index in [-0.39, 0.29) is 5.91 Å². The molecule has 0 radical (unpaired) electrons. The van der Waals surface area contributed by atoms with Crippen LogP contribution in [0.5, 0.6) is 0 Å². The summed E-state index contributed by atoms with van der Waals surface area (Å²) in [6, 6.07) is 5.71. The maximum absolute atomic E-state index is 12.1. The molecule has 2 aromatic heterocycles. The van der Waals surface area contributed by atoms with Crippen molar-refractivity contribution < 1.29 is 18.9 Å². The molecule has 0 aliphatic rings. The lowest BCUT2D eigenvalue weighted by Crippen LogP contribution is -2.34. The van der Waals surface area contributed by atoms with Crippen molar-refractivity contribution in [1.29, 1.82) is 0 Å². The van der Waals surface area contributed by atoms with Crippen LogP contribution in [0.2, 0.25) is 0 Å². The number of pyridine rings is 1. The Morgan fingerprint density at radius 2 is 1.95 bits per heavy atom. The average molecular weight is 319 g/mol. The Hall–Kier alpha value is -2.21. The zero-order valence-corrected chi connectivity index (χ0v) is 13.7. The molecule has 0 aliphatic carbocycles. The molecule has 0 saturated carbocycles. The van der Waals surface area contributed by atoms with Crippen molar-refractivity contribution in [2.75, 3.05) is 12.4 Å². The second-order valence-corrected chi connectivity index (χ2v) is 6.26. The third-order valence-electron chi connectivity index (χ3n) is 3.17. The standard InChI is InChI=1S/C16H18N2O3S/c1-11-4-7-18(8-5-11)9-6-14(19)17-15-13(16(20)21-3)10-12(2)22-15/h4-5,7-8,10H,6,9H2,1-3H3/p+1. The lowest BCUT2D eigenvalue weighted by Gasteiger charge is -2.04. The highest BCUT2D eigenvalue weighted by Crippen LogP contribution is 2.28. The molecule has 22 heavy (non-hydrogen) atoms. The predicted molar refractivity (Wildman–Crippen MR) is 85.0 cm³/mol. The van der Waals surface area contributed by atoms with Crippen molar-refractivity contribution in [1.82, 2.24) is 0 Å². The van der Waals surface area contributed by atoms with Crippen molar-refractivity contribution in [3.8, 4) is 0 Å². The fraction of sp³-hybridized carbons (Fsp3) is 0.312. The highest BCUT2D eigenvalue weighted by atomic mass is 32.1. The van der Waals surface area contributed by atoms with E-state index in [9.17, 15) is 9.59 Å². The molecule has 2 rings (SSSR count). The summed E-state index contributed by atoms with van der Waals surface area (Å²) < 4.78 is 6.68. The number of nitrogens with one attached hydrogen (secondary N) is 1. The van der Waals surface area contributed by atoms with Crippen LogP contribution >= 0.6 is 11.3 Å². The van der Waals surface area contributed by atoms with Crippen molar-refractivity contribution in [3.63, 3.8) is 0 Å². The Morgan fingerprint density at radius 1 is 1.27 bits per heavy atom. The highest BCUT2D eigenvalue weighted by Gasteiger charge is 2.17. The number of amides is 1. The van der Waals surface area contributed by atoms with Crippen molar-refractivity contribution in [2.24, 2.45) is 0 Å². The summed E-state index contributed by atoms with van der Waals surface area (Å²) in [5.74, 6) is -0.562. The second kappa shape index (κ2) is 7.17. The van der Waals surface area contributed by atoms with E-state index in [2.05, 4.69) is 5.32 Å². The number of hydrogen-bond donors (Lipinski definition) is 1. The molecule has 6 heteroatoms. The SMILES string of the molecule is COC(=O)c1cc(C)sc1NC(=O)CC[n+]1ccc(C)cc1. The molecule has 0 unspecified atom stereocenters. The molecule has 0 atom stereocenters. The van der Waals surface area contributed by atoms with Gasteiger partial charge >= 0.3 is 5.97 Å². The van der Waals surface area contributed by atoms with Crippen LogP contribution in [0.15, 0.2) is 30.6 Å². The van der Waals surface area contributed by atoms with E-state index in [1.807, 2.05) is 42.9 Å². The Kier molecular flexibility index (Phi) is 5.27. The first-order valence-corrected chi connectivity index (χ1v) is 7.75. The van der Waals surface area contributed by atoms with E-state index in [1.54, 1.807) is 6.07 Å². The molecule has 1 amide bonds. The number of aromatic nitrogens is 1. The maximum atomic E-state index is 12.1. The first kappa shape index (κ1) is 16.2. The topological polar surface area (TPSA) is 59.3 Å². The number of rotatable bonds is 5. The number of esters is 1. The molecular weight excluding hydrogens is 300 g/mol. The van der Waals surface area contributed by atoms with Crippen molar-refractivity contribution in [3.05, 3.63) is 46.6 Å². The third kappa shape index (κ3) is 4.14. The summed E-state index contributed by atoms with van der Waals surface area (Å²) in [6.45, 7) is 4.49. The van der Waals surface area contributed by atoms with Crippen LogP contribution in [0.3, 0.4) is 0 Å². The molecule has 0 aromatic carbocycles. The van der Waals surface area contributed by atoms with Gasteiger partial charge in [-0.2, -0.15) is 0 Å². The third-order valence-corrected chi connectivity index (χ3v) is 4.13. The van der Waals surface area contributed by atoms with Gasteiger partial charge in [-0.1, -0.05) is 0 Å². The molecule has 2 heterocycles. The number of carbonyl (C=O) groups is 2. The van der Waals surface area contributed by atoms with Crippen LogP contribution in [-0.4, -0.2) is 19.0 Å². The van der Waals surface area contributed by atoms with Gasteiger partial charge < -0.3 is 10.1 Å². The summed E-state index contributed by atoms with van der Waals surface area (Å²) in [5.41, 5.74) is 1.58. The first-order valence-electron chi connectivity index (χ1n) is 6.94. The Labute approximate surface area is 133 Å². The smallest absolute Gasteiger partial charge is 0.340 e. The predicted octanol–water partition coefficient (Wildman–Crippen LogP) is 2.47. The van der Waals surface area contributed by atoms with Crippen LogP contribution in [0.4, 0.5) is 5.00 Å². The fourth-order valence-corrected chi connectivity index (χ4v) is 2.89. The number of carbonyl (C=O) groups excluding carboxylic acids is 2. The minimum absolute atomic E-state index is 0.125. The number of ether oxygens (including phenoxy) is 1. The molecule has 116 valence electrons. The molecule has 0 aliphatic heterocycles. The van der Waals surface area contributed by atoms with Gasteiger partial charge in [0, 0.05) is 17.0 Å². The van der Waals surface area contributed by atoms with Crippen LogP contribution in [0.25, 0.3) is 0 Å². The van der Waals surface area contributed by atoms with Crippen LogP contribution in [0, 0.1) is 13.8 Å². The zero-order valence-electron chi connectivity index (χ0n) is 12.9. The largest absolute Gasteiger partial charge is 0.465 e. The van der Waals surface area contributed by atoms with Gasteiger partial charge in [-0.05, 0) is 25.5 Å². The summed E-state index contributed by atoms with van der Waals surface area (Å²) >= 11 is 1.37. The van der Waals surface area contributed by atoms with Crippen LogP contribution in [-0.2, 0) is 16.1 Å². The van der Waals surface area contributed by atoms with Gasteiger partial charge in [0.1, 0.15) is 5.00 Å². The lowest BCUT2D eigenvalue weighted by molar-refractivity contribution is -0.695. The number of nitrogens with zero attached hydrogens (tertiary/aromatic N) is 1. The van der Waals surface area contributed by atoms with E-state index >= 15 is 0 Å². The summed E-state index contributed by atoms with van der Waals surface area (Å²) in [5, 5.41) is 3.34. The number of anilines is 1. The summed E-state index contributed by atoms with van der Waals surface area (Å²) in [6.07, 6.45) is 4.22. The summed E-state index contributed by atoms with van der Waals surface area (Å²) in [7, 11) is 1.33. The monoisotopic (exact) mass is 319 g/mol. The first-order chi connectivity index (χ1) is 10.5. The summed E-state index contributed by atoms with van der Waals surface area (Å²) in [4.78, 5) is 24.7. The van der Waals surface area contributed by atoms with Gasteiger partial charge in [-0.3, -0.25) is 4.79 Å². The van der Waals surface area contributed by atoms with Crippen LogP contribution in [0.1, 0.15) is 27.2 Å². The molecule has 2 aromatic rings. The number of methoxy groups -OCH3 is 1.